The molecule has 1 aliphatic rings. The Morgan fingerprint density at radius 2 is 2.11 bits per heavy atom. The Labute approximate surface area is 114 Å². The molecule has 0 atom stereocenters. The second-order valence-electron chi connectivity index (χ2n) is 4.76. The first kappa shape index (κ1) is 14.5. The van der Waals surface area contributed by atoms with Gasteiger partial charge in [-0.25, -0.2) is 8.42 Å². The van der Waals surface area contributed by atoms with Crippen LogP contribution < -0.4 is 5.32 Å². The first-order valence-electron chi connectivity index (χ1n) is 6.88. The van der Waals surface area contributed by atoms with E-state index in [9.17, 15) is 8.42 Å². The SMILES string of the molecule is CCNCCCn1cc(S(=O)(=O)N2CCCC2)cn1. The zero-order valence-corrected chi connectivity index (χ0v) is 12.2. The number of aromatic nitrogens is 2. The molecule has 0 aliphatic carbocycles. The van der Waals surface area contributed by atoms with Gasteiger partial charge in [0.15, 0.2) is 0 Å². The fourth-order valence-electron chi connectivity index (χ4n) is 2.22. The lowest BCUT2D eigenvalue weighted by atomic mass is 10.4. The number of sulfonamides is 1. The van der Waals surface area contributed by atoms with E-state index in [4.69, 9.17) is 0 Å². The van der Waals surface area contributed by atoms with Crippen LogP contribution in [0.1, 0.15) is 26.2 Å². The van der Waals surface area contributed by atoms with Gasteiger partial charge in [0.1, 0.15) is 4.90 Å². The maximum atomic E-state index is 12.3. The molecule has 0 radical (unpaired) electrons. The number of nitrogens with zero attached hydrogens (tertiary/aromatic N) is 3. The molecule has 6 nitrogen and oxygen atoms in total. The Hall–Kier alpha value is -0.920. The smallest absolute Gasteiger partial charge is 0.246 e. The van der Waals surface area contributed by atoms with E-state index >= 15 is 0 Å². The van der Waals surface area contributed by atoms with Crippen molar-refractivity contribution in [2.24, 2.45) is 0 Å². The fraction of sp³-hybridized carbons (Fsp3) is 0.750. The predicted molar refractivity (Wildman–Crippen MR) is 73.4 cm³/mol. The third-order valence-corrected chi connectivity index (χ3v) is 5.15. The third-order valence-electron chi connectivity index (χ3n) is 3.30. The molecule has 1 aromatic heterocycles. The van der Waals surface area contributed by atoms with Crippen LogP contribution in [0.25, 0.3) is 0 Å². The van der Waals surface area contributed by atoms with E-state index < -0.39 is 10.0 Å². The summed E-state index contributed by atoms with van der Waals surface area (Å²) >= 11 is 0. The minimum Gasteiger partial charge on any atom is -0.317 e. The molecule has 1 saturated heterocycles. The molecule has 2 heterocycles. The topological polar surface area (TPSA) is 67.2 Å². The second-order valence-corrected chi connectivity index (χ2v) is 6.70. The third kappa shape index (κ3) is 3.55. The van der Waals surface area contributed by atoms with Gasteiger partial charge < -0.3 is 5.32 Å². The van der Waals surface area contributed by atoms with Gasteiger partial charge in [-0.2, -0.15) is 9.40 Å². The van der Waals surface area contributed by atoms with Gasteiger partial charge in [-0.05, 0) is 32.4 Å². The largest absolute Gasteiger partial charge is 0.317 e. The summed E-state index contributed by atoms with van der Waals surface area (Å²) in [7, 11) is -3.32. The summed E-state index contributed by atoms with van der Waals surface area (Å²) < 4.78 is 27.8. The van der Waals surface area contributed by atoms with Gasteiger partial charge in [-0.1, -0.05) is 6.92 Å². The summed E-state index contributed by atoms with van der Waals surface area (Å²) in [6, 6.07) is 0. The van der Waals surface area contributed by atoms with Crippen molar-refractivity contribution in [2.45, 2.75) is 37.6 Å². The standard InChI is InChI=1S/C12H22N4O2S/c1-2-13-6-5-7-15-11-12(10-14-15)19(17,18)16-8-3-4-9-16/h10-11,13H,2-9H2,1H3. The van der Waals surface area contributed by atoms with Crippen molar-refractivity contribution in [3.05, 3.63) is 12.4 Å². The lowest BCUT2D eigenvalue weighted by molar-refractivity contribution is 0.477. The van der Waals surface area contributed by atoms with Crippen LogP contribution in [0.5, 0.6) is 0 Å². The highest BCUT2D eigenvalue weighted by Crippen LogP contribution is 2.20. The molecule has 0 aromatic carbocycles. The van der Waals surface area contributed by atoms with Crippen molar-refractivity contribution in [1.29, 1.82) is 0 Å². The van der Waals surface area contributed by atoms with Crippen LogP contribution in [-0.4, -0.2) is 48.7 Å². The molecule has 2 rings (SSSR count). The summed E-state index contributed by atoms with van der Waals surface area (Å²) in [5.41, 5.74) is 0. The molecule has 1 aromatic rings. The maximum absolute atomic E-state index is 12.3. The Bertz CT molecular complexity index is 492. The van der Waals surface area contributed by atoms with Crippen LogP contribution in [0.15, 0.2) is 17.3 Å². The summed E-state index contributed by atoms with van der Waals surface area (Å²) in [5, 5.41) is 7.37. The molecule has 0 saturated carbocycles. The number of hydrogen-bond acceptors (Lipinski definition) is 4. The molecule has 0 amide bonds. The minimum absolute atomic E-state index is 0.317. The van der Waals surface area contributed by atoms with E-state index in [2.05, 4.69) is 17.3 Å². The van der Waals surface area contributed by atoms with E-state index in [1.807, 2.05) is 0 Å². The average molecular weight is 286 g/mol. The van der Waals surface area contributed by atoms with Crippen LogP contribution >= 0.6 is 0 Å². The van der Waals surface area contributed by atoms with E-state index in [-0.39, 0.29) is 0 Å². The number of rotatable bonds is 7. The summed E-state index contributed by atoms with van der Waals surface area (Å²) in [6.07, 6.45) is 5.95. The van der Waals surface area contributed by atoms with Gasteiger partial charge in [0.2, 0.25) is 10.0 Å². The Morgan fingerprint density at radius 3 is 2.79 bits per heavy atom. The zero-order valence-electron chi connectivity index (χ0n) is 11.4. The Balaban J connectivity index is 1.96. The molecular weight excluding hydrogens is 264 g/mol. The highest BCUT2D eigenvalue weighted by atomic mass is 32.2. The second kappa shape index (κ2) is 6.49. The number of hydrogen-bond donors (Lipinski definition) is 1. The van der Waals surface area contributed by atoms with E-state index in [1.165, 1.54) is 6.20 Å². The summed E-state index contributed by atoms with van der Waals surface area (Å²) in [5.74, 6) is 0. The van der Waals surface area contributed by atoms with Crippen molar-refractivity contribution in [1.82, 2.24) is 19.4 Å². The lowest BCUT2D eigenvalue weighted by Gasteiger charge is -2.13. The first-order valence-corrected chi connectivity index (χ1v) is 8.32. The van der Waals surface area contributed by atoms with Crippen molar-refractivity contribution >= 4 is 10.0 Å². The quantitative estimate of drug-likeness (QED) is 0.748. The van der Waals surface area contributed by atoms with Gasteiger partial charge >= 0.3 is 0 Å². The van der Waals surface area contributed by atoms with Crippen LogP contribution in [0.2, 0.25) is 0 Å². The van der Waals surface area contributed by atoms with Crippen LogP contribution in [0.3, 0.4) is 0 Å². The molecule has 19 heavy (non-hydrogen) atoms. The molecule has 1 N–H and O–H groups in total. The summed E-state index contributed by atoms with van der Waals surface area (Å²) in [4.78, 5) is 0.317. The van der Waals surface area contributed by atoms with E-state index in [0.29, 0.717) is 18.0 Å². The molecule has 1 aliphatic heterocycles. The van der Waals surface area contributed by atoms with Gasteiger partial charge in [0, 0.05) is 25.8 Å². The highest BCUT2D eigenvalue weighted by molar-refractivity contribution is 7.89. The molecule has 1 fully saturated rings. The predicted octanol–water partition coefficient (Wildman–Crippen LogP) is 0.667. The van der Waals surface area contributed by atoms with Crippen LogP contribution in [-0.2, 0) is 16.6 Å². The Kier molecular flexibility index (Phi) is 4.95. The van der Waals surface area contributed by atoms with Crippen molar-refractivity contribution < 1.29 is 8.42 Å². The monoisotopic (exact) mass is 286 g/mol. The van der Waals surface area contributed by atoms with Gasteiger partial charge in [0.05, 0.1) is 6.20 Å². The fourth-order valence-corrected chi connectivity index (χ4v) is 3.69. The molecule has 0 spiro atoms. The molecule has 0 unspecified atom stereocenters. The highest BCUT2D eigenvalue weighted by Gasteiger charge is 2.28. The van der Waals surface area contributed by atoms with Crippen molar-refractivity contribution in [2.75, 3.05) is 26.2 Å². The lowest BCUT2D eigenvalue weighted by Crippen LogP contribution is -2.27. The van der Waals surface area contributed by atoms with Gasteiger partial charge in [-0.15, -0.1) is 0 Å². The van der Waals surface area contributed by atoms with Gasteiger partial charge in [0.25, 0.3) is 0 Å². The average Bonchev–Trinajstić information content (AvgIpc) is 3.05. The Morgan fingerprint density at radius 1 is 1.37 bits per heavy atom. The molecule has 0 bridgehead atoms. The number of aryl methyl sites for hydroxylation is 1. The normalized spacial score (nSPS) is 17.1. The van der Waals surface area contributed by atoms with Crippen LogP contribution in [0, 0.1) is 0 Å². The van der Waals surface area contributed by atoms with E-state index in [1.54, 1.807) is 15.2 Å². The molecule has 7 heteroatoms. The maximum Gasteiger partial charge on any atom is 0.246 e. The van der Waals surface area contributed by atoms with Crippen molar-refractivity contribution in [3.63, 3.8) is 0 Å². The summed E-state index contributed by atoms with van der Waals surface area (Å²) in [6.45, 7) is 5.94. The van der Waals surface area contributed by atoms with Gasteiger partial charge in [-0.3, -0.25) is 4.68 Å². The first-order chi connectivity index (χ1) is 9.14. The molecule has 108 valence electrons. The minimum atomic E-state index is -3.32. The van der Waals surface area contributed by atoms with E-state index in [0.717, 1.165) is 38.9 Å². The molecular formula is C12H22N4O2S. The number of nitrogens with one attached hydrogen (secondary N) is 1. The zero-order chi connectivity index (χ0) is 13.7. The van der Waals surface area contributed by atoms with Crippen molar-refractivity contribution in [3.8, 4) is 0 Å². The van der Waals surface area contributed by atoms with Crippen LogP contribution in [0.4, 0.5) is 0 Å².